The number of benzene rings is 2. The first-order valence-electron chi connectivity index (χ1n) is 6.89. The summed E-state index contributed by atoms with van der Waals surface area (Å²) < 4.78 is 9.74. The van der Waals surface area contributed by atoms with Crippen molar-refractivity contribution in [1.82, 2.24) is 0 Å². The highest BCUT2D eigenvalue weighted by molar-refractivity contribution is 6.34. The summed E-state index contributed by atoms with van der Waals surface area (Å²) in [5.74, 6) is -0.980. The van der Waals surface area contributed by atoms with Crippen LogP contribution in [0.1, 0.15) is 20.7 Å². The quantitative estimate of drug-likeness (QED) is 0.495. The highest BCUT2D eigenvalue weighted by atomic mass is 35.5. The Kier molecular flexibility index (Phi) is 5.56. The molecule has 2 aromatic rings. The van der Waals surface area contributed by atoms with E-state index in [2.05, 4.69) is 10.1 Å². The Labute approximate surface area is 147 Å². The third kappa shape index (κ3) is 4.04. The molecule has 0 saturated carbocycles. The number of carbonyl (C=O) groups is 2. The third-order valence-corrected chi connectivity index (χ3v) is 3.60. The second-order valence-electron chi connectivity index (χ2n) is 4.78. The minimum atomic E-state index is -0.632. The average molecular weight is 365 g/mol. The van der Waals surface area contributed by atoms with Crippen LogP contribution in [0.2, 0.25) is 5.02 Å². The van der Waals surface area contributed by atoms with E-state index in [1.54, 1.807) is 0 Å². The number of ether oxygens (including phenoxy) is 2. The van der Waals surface area contributed by atoms with Crippen molar-refractivity contribution >= 4 is 34.9 Å². The van der Waals surface area contributed by atoms with Gasteiger partial charge in [0, 0.05) is 23.8 Å². The van der Waals surface area contributed by atoms with Crippen molar-refractivity contribution in [2.24, 2.45) is 0 Å². The zero-order chi connectivity index (χ0) is 18.6. The van der Waals surface area contributed by atoms with E-state index >= 15 is 0 Å². The number of amides is 1. The second kappa shape index (κ2) is 7.63. The molecule has 0 aliphatic rings. The van der Waals surface area contributed by atoms with Gasteiger partial charge in [0.2, 0.25) is 0 Å². The van der Waals surface area contributed by atoms with Crippen LogP contribution < -0.4 is 10.1 Å². The van der Waals surface area contributed by atoms with E-state index in [4.69, 9.17) is 16.3 Å². The Morgan fingerprint density at radius 2 is 1.80 bits per heavy atom. The van der Waals surface area contributed by atoms with Crippen molar-refractivity contribution in [3.63, 3.8) is 0 Å². The fraction of sp³-hybridized carbons (Fsp3) is 0.125. The van der Waals surface area contributed by atoms with Gasteiger partial charge in [0.25, 0.3) is 11.6 Å². The van der Waals surface area contributed by atoms with E-state index in [0.29, 0.717) is 0 Å². The number of non-ortho nitro benzene ring substituents is 1. The summed E-state index contributed by atoms with van der Waals surface area (Å²) in [5.41, 5.74) is 0.411. The van der Waals surface area contributed by atoms with Crippen molar-refractivity contribution in [2.75, 3.05) is 19.5 Å². The number of nitrogens with zero attached hydrogens (tertiary/aromatic N) is 1. The molecule has 0 fully saturated rings. The third-order valence-electron chi connectivity index (χ3n) is 3.28. The largest absolute Gasteiger partial charge is 0.496 e. The van der Waals surface area contributed by atoms with Crippen LogP contribution >= 0.6 is 11.6 Å². The number of nitrogens with one attached hydrogen (secondary N) is 1. The molecular weight excluding hydrogens is 352 g/mol. The summed E-state index contributed by atoms with van der Waals surface area (Å²) in [6, 6.07) is 7.79. The van der Waals surface area contributed by atoms with Crippen molar-refractivity contribution in [1.29, 1.82) is 0 Å². The first-order valence-corrected chi connectivity index (χ1v) is 7.26. The summed E-state index contributed by atoms with van der Waals surface area (Å²) >= 11 is 6.09. The lowest BCUT2D eigenvalue weighted by Crippen LogP contribution is -2.13. The van der Waals surface area contributed by atoms with Gasteiger partial charge in [-0.25, -0.2) is 4.79 Å². The number of hydrogen-bond acceptors (Lipinski definition) is 6. The molecule has 1 amide bonds. The zero-order valence-corrected chi connectivity index (χ0v) is 14.0. The molecule has 0 atom stereocenters. The summed E-state index contributed by atoms with van der Waals surface area (Å²) in [7, 11) is 2.58. The van der Waals surface area contributed by atoms with E-state index < -0.39 is 16.8 Å². The van der Waals surface area contributed by atoms with Gasteiger partial charge in [-0.2, -0.15) is 0 Å². The van der Waals surface area contributed by atoms with E-state index in [1.807, 2.05) is 0 Å². The van der Waals surface area contributed by atoms with Gasteiger partial charge >= 0.3 is 5.97 Å². The molecule has 0 radical (unpaired) electrons. The van der Waals surface area contributed by atoms with Gasteiger partial charge in [-0.15, -0.1) is 0 Å². The number of nitro groups is 1. The molecule has 0 aromatic heterocycles. The molecule has 2 aromatic carbocycles. The molecule has 0 unspecified atom stereocenters. The molecule has 130 valence electrons. The number of hydrogen-bond donors (Lipinski definition) is 1. The van der Waals surface area contributed by atoms with Gasteiger partial charge < -0.3 is 14.8 Å². The van der Waals surface area contributed by atoms with Gasteiger partial charge in [-0.05, 0) is 18.2 Å². The van der Waals surface area contributed by atoms with Crippen LogP contribution in [0.4, 0.5) is 11.4 Å². The standard InChI is InChI=1S/C16H13ClN2O6/c1-24-14-8-13(12(17)7-11(14)16(21)25-2)18-15(20)9-3-5-10(6-4-9)19(22)23/h3-8H,1-2H3,(H,18,20). The number of anilines is 1. The van der Waals surface area contributed by atoms with Crippen LogP contribution in [0.3, 0.4) is 0 Å². The van der Waals surface area contributed by atoms with Crippen molar-refractivity contribution in [3.05, 3.63) is 62.7 Å². The predicted molar refractivity (Wildman–Crippen MR) is 90.4 cm³/mol. The normalized spacial score (nSPS) is 10.0. The smallest absolute Gasteiger partial charge is 0.341 e. The summed E-state index contributed by atoms with van der Waals surface area (Å²) in [5, 5.41) is 13.3. The maximum absolute atomic E-state index is 12.3. The highest BCUT2D eigenvalue weighted by Crippen LogP contribution is 2.31. The van der Waals surface area contributed by atoms with Gasteiger partial charge in [-0.3, -0.25) is 14.9 Å². The average Bonchev–Trinajstić information content (AvgIpc) is 2.62. The maximum atomic E-state index is 12.3. The molecule has 2 rings (SSSR count). The minimum Gasteiger partial charge on any atom is -0.496 e. The van der Waals surface area contributed by atoms with E-state index in [1.165, 1.54) is 50.6 Å². The molecule has 1 N–H and O–H groups in total. The molecule has 9 heteroatoms. The molecule has 0 bridgehead atoms. The maximum Gasteiger partial charge on any atom is 0.341 e. The summed E-state index contributed by atoms with van der Waals surface area (Å²) in [4.78, 5) is 34.0. The van der Waals surface area contributed by atoms with Gasteiger partial charge in [0.15, 0.2) is 0 Å². The Hall–Kier alpha value is -3.13. The van der Waals surface area contributed by atoms with Crippen LogP contribution in [-0.2, 0) is 4.74 Å². The lowest BCUT2D eigenvalue weighted by molar-refractivity contribution is -0.384. The fourth-order valence-electron chi connectivity index (χ4n) is 2.02. The first kappa shape index (κ1) is 18.2. The Morgan fingerprint density at radius 3 is 2.32 bits per heavy atom. The van der Waals surface area contributed by atoms with E-state index in [-0.39, 0.29) is 33.3 Å². The molecular formula is C16H13ClN2O6. The molecule has 0 spiro atoms. The summed E-state index contributed by atoms with van der Waals surface area (Å²) in [6.07, 6.45) is 0. The van der Waals surface area contributed by atoms with Crippen molar-refractivity contribution in [3.8, 4) is 5.75 Å². The second-order valence-corrected chi connectivity index (χ2v) is 5.19. The fourth-order valence-corrected chi connectivity index (χ4v) is 2.23. The van der Waals surface area contributed by atoms with Crippen LogP contribution in [0.15, 0.2) is 36.4 Å². The van der Waals surface area contributed by atoms with Crippen LogP contribution in [-0.4, -0.2) is 31.0 Å². The number of esters is 1. The number of nitro benzene ring substituents is 1. The number of methoxy groups -OCH3 is 2. The Balaban J connectivity index is 2.28. The number of rotatable bonds is 5. The number of carbonyl (C=O) groups excluding carboxylic acids is 2. The molecule has 8 nitrogen and oxygen atoms in total. The molecule has 0 heterocycles. The SMILES string of the molecule is COC(=O)c1cc(Cl)c(NC(=O)c2ccc([N+](=O)[O-])cc2)cc1OC. The van der Waals surface area contributed by atoms with Crippen LogP contribution in [0.25, 0.3) is 0 Å². The predicted octanol–water partition coefficient (Wildman–Crippen LogP) is 3.30. The highest BCUT2D eigenvalue weighted by Gasteiger charge is 2.18. The lowest BCUT2D eigenvalue weighted by atomic mass is 10.1. The van der Waals surface area contributed by atoms with Crippen molar-refractivity contribution < 1.29 is 24.0 Å². The van der Waals surface area contributed by atoms with E-state index in [9.17, 15) is 19.7 Å². The molecule has 0 saturated heterocycles. The summed E-state index contributed by atoms with van der Waals surface area (Å²) in [6.45, 7) is 0. The lowest BCUT2D eigenvalue weighted by Gasteiger charge is -2.12. The van der Waals surface area contributed by atoms with Crippen LogP contribution in [0.5, 0.6) is 5.75 Å². The van der Waals surface area contributed by atoms with Crippen LogP contribution in [0, 0.1) is 10.1 Å². The Morgan fingerprint density at radius 1 is 1.16 bits per heavy atom. The minimum absolute atomic E-state index is 0.108. The zero-order valence-electron chi connectivity index (χ0n) is 13.2. The topological polar surface area (TPSA) is 108 Å². The van der Waals surface area contributed by atoms with Crippen molar-refractivity contribution in [2.45, 2.75) is 0 Å². The van der Waals surface area contributed by atoms with Gasteiger partial charge in [0.05, 0.1) is 29.9 Å². The van der Waals surface area contributed by atoms with E-state index in [0.717, 1.165) is 0 Å². The Bertz CT molecular complexity index is 835. The monoisotopic (exact) mass is 364 g/mol. The molecule has 25 heavy (non-hydrogen) atoms. The molecule has 0 aliphatic carbocycles. The molecule has 0 aliphatic heterocycles. The van der Waals surface area contributed by atoms with Gasteiger partial charge in [0.1, 0.15) is 11.3 Å². The number of halogens is 1. The van der Waals surface area contributed by atoms with Gasteiger partial charge in [-0.1, -0.05) is 11.6 Å². The first-order chi connectivity index (χ1) is 11.9.